The maximum atomic E-state index is 13.3. The molecule has 0 spiro atoms. The van der Waals surface area contributed by atoms with Gasteiger partial charge >= 0.3 is 0 Å². The highest BCUT2D eigenvalue weighted by Gasteiger charge is 2.17. The van der Waals surface area contributed by atoms with E-state index in [1.807, 2.05) is 0 Å². The highest BCUT2D eigenvalue weighted by Crippen LogP contribution is 2.28. The first-order chi connectivity index (χ1) is 19.7. The first-order valence-electron chi connectivity index (χ1n) is 12.4. The summed E-state index contributed by atoms with van der Waals surface area (Å²) in [6.45, 7) is 1.79. The Morgan fingerprint density at radius 3 is 2.07 bits per heavy atom. The lowest BCUT2D eigenvalue weighted by molar-refractivity contribution is -0.115. The molecule has 0 heterocycles. The fourth-order valence-corrected chi connectivity index (χ4v) is 4.94. The van der Waals surface area contributed by atoms with Gasteiger partial charge in [-0.15, -0.1) is 11.8 Å². The topological polar surface area (TPSA) is 87.3 Å². The van der Waals surface area contributed by atoms with E-state index >= 15 is 0 Å². The van der Waals surface area contributed by atoms with Crippen molar-refractivity contribution in [3.8, 4) is 0 Å². The molecule has 0 saturated carbocycles. The number of anilines is 2. The largest absolute Gasteiger partial charge is 0.325 e. The first kappa shape index (κ1) is 30.2. The van der Waals surface area contributed by atoms with Gasteiger partial charge in [-0.1, -0.05) is 71.2 Å². The summed E-state index contributed by atoms with van der Waals surface area (Å²) in [6, 6.07) is 27.5. The summed E-state index contributed by atoms with van der Waals surface area (Å²) < 4.78 is 0. The fourth-order valence-electron chi connectivity index (χ4n) is 3.58. The van der Waals surface area contributed by atoms with Crippen LogP contribution in [0, 0.1) is 0 Å². The predicted molar refractivity (Wildman–Crippen MR) is 169 cm³/mol. The molecule has 208 valence electrons. The minimum atomic E-state index is -0.524. The molecule has 3 N–H and O–H groups in total. The molecule has 4 aromatic carbocycles. The predicted octanol–water partition coefficient (Wildman–Crippen LogP) is 8.18. The van der Waals surface area contributed by atoms with Crippen LogP contribution >= 0.6 is 46.6 Å². The van der Waals surface area contributed by atoms with Gasteiger partial charge in [0.2, 0.25) is 5.91 Å². The molecular formula is C31H24Cl3N3O3S. The Bertz CT molecular complexity index is 1600. The van der Waals surface area contributed by atoms with E-state index in [1.54, 1.807) is 104 Å². The first-order valence-corrected chi connectivity index (χ1v) is 14.4. The van der Waals surface area contributed by atoms with Crippen LogP contribution in [0.3, 0.4) is 0 Å². The van der Waals surface area contributed by atoms with Crippen LogP contribution in [0.5, 0.6) is 0 Å². The Morgan fingerprint density at radius 2 is 1.39 bits per heavy atom. The normalized spacial score (nSPS) is 11.9. The van der Waals surface area contributed by atoms with Crippen LogP contribution < -0.4 is 16.0 Å². The van der Waals surface area contributed by atoms with Crippen molar-refractivity contribution in [2.45, 2.75) is 17.1 Å². The van der Waals surface area contributed by atoms with Gasteiger partial charge in [-0.3, -0.25) is 14.4 Å². The van der Waals surface area contributed by atoms with Crippen LogP contribution in [0.15, 0.2) is 108 Å². The third-order valence-corrected chi connectivity index (χ3v) is 7.91. The Morgan fingerprint density at radius 1 is 0.732 bits per heavy atom. The molecule has 0 aliphatic carbocycles. The van der Waals surface area contributed by atoms with Gasteiger partial charge in [0.1, 0.15) is 5.70 Å². The molecule has 0 fully saturated rings. The fraction of sp³-hybridized carbons (Fsp3) is 0.0645. The molecule has 4 rings (SSSR count). The molecule has 0 radical (unpaired) electrons. The Kier molecular flexibility index (Phi) is 10.5. The lowest BCUT2D eigenvalue weighted by Gasteiger charge is -2.14. The molecule has 0 aliphatic heterocycles. The molecule has 10 heteroatoms. The summed E-state index contributed by atoms with van der Waals surface area (Å²) in [5.74, 6) is -1.16. The summed E-state index contributed by atoms with van der Waals surface area (Å²) in [5.41, 5.74) is 2.07. The summed E-state index contributed by atoms with van der Waals surface area (Å²) in [7, 11) is 0. The van der Waals surface area contributed by atoms with E-state index < -0.39 is 17.1 Å². The number of benzene rings is 4. The van der Waals surface area contributed by atoms with Crippen LogP contribution in [0.2, 0.25) is 15.1 Å². The van der Waals surface area contributed by atoms with Crippen molar-refractivity contribution >= 4 is 81.7 Å². The highest BCUT2D eigenvalue weighted by atomic mass is 35.5. The van der Waals surface area contributed by atoms with Gasteiger partial charge in [0, 0.05) is 26.9 Å². The number of halogens is 3. The summed E-state index contributed by atoms with van der Waals surface area (Å²) in [4.78, 5) is 39.5. The minimum Gasteiger partial charge on any atom is -0.325 e. The van der Waals surface area contributed by atoms with Crippen LogP contribution in [-0.2, 0) is 9.59 Å². The average molecular weight is 625 g/mol. The van der Waals surface area contributed by atoms with Gasteiger partial charge in [-0.25, -0.2) is 0 Å². The zero-order valence-corrected chi connectivity index (χ0v) is 24.7. The quantitative estimate of drug-likeness (QED) is 0.129. The number of hydrogen-bond donors (Lipinski definition) is 3. The van der Waals surface area contributed by atoms with E-state index in [4.69, 9.17) is 34.8 Å². The monoisotopic (exact) mass is 623 g/mol. The summed E-state index contributed by atoms with van der Waals surface area (Å²) in [6.07, 6.45) is 1.52. The molecule has 0 bridgehead atoms. The van der Waals surface area contributed by atoms with Gasteiger partial charge in [0.25, 0.3) is 11.8 Å². The Labute approximate surface area is 257 Å². The second-order valence-corrected chi connectivity index (χ2v) is 11.4. The van der Waals surface area contributed by atoms with Crippen molar-refractivity contribution in [3.63, 3.8) is 0 Å². The van der Waals surface area contributed by atoms with E-state index in [9.17, 15) is 14.4 Å². The van der Waals surface area contributed by atoms with Crippen molar-refractivity contribution in [2.75, 3.05) is 10.6 Å². The molecule has 1 atom stereocenters. The summed E-state index contributed by atoms with van der Waals surface area (Å²) >= 11 is 19.6. The number of thioether (sulfide) groups is 1. The molecule has 4 aromatic rings. The van der Waals surface area contributed by atoms with Crippen molar-refractivity contribution in [1.82, 2.24) is 5.32 Å². The van der Waals surface area contributed by atoms with Crippen molar-refractivity contribution in [1.29, 1.82) is 0 Å². The number of nitrogens with one attached hydrogen (secondary N) is 3. The van der Waals surface area contributed by atoms with Crippen LogP contribution in [0.1, 0.15) is 22.8 Å². The van der Waals surface area contributed by atoms with Crippen molar-refractivity contribution in [3.05, 3.63) is 129 Å². The number of carbonyl (C=O) groups is 3. The second-order valence-electron chi connectivity index (χ2n) is 8.76. The molecular weight excluding hydrogens is 601 g/mol. The number of hydrogen-bond acceptors (Lipinski definition) is 4. The van der Waals surface area contributed by atoms with Gasteiger partial charge < -0.3 is 16.0 Å². The molecule has 0 aromatic heterocycles. The molecule has 6 nitrogen and oxygen atoms in total. The highest BCUT2D eigenvalue weighted by molar-refractivity contribution is 8.00. The van der Waals surface area contributed by atoms with Crippen LogP contribution in [0.25, 0.3) is 6.08 Å². The van der Waals surface area contributed by atoms with Crippen molar-refractivity contribution in [2.24, 2.45) is 0 Å². The lowest BCUT2D eigenvalue weighted by atomic mass is 10.1. The third kappa shape index (κ3) is 8.62. The lowest BCUT2D eigenvalue weighted by Crippen LogP contribution is -2.30. The average Bonchev–Trinajstić information content (AvgIpc) is 2.97. The second kappa shape index (κ2) is 14.2. The molecule has 0 aliphatic rings. The van der Waals surface area contributed by atoms with E-state index in [-0.39, 0.29) is 11.6 Å². The van der Waals surface area contributed by atoms with Gasteiger partial charge in [0.05, 0.1) is 15.3 Å². The maximum absolute atomic E-state index is 13.3. The molecule has 0 saturated heterocycles. The molecule has 1 unspecified atom stereocenters. The smallest absolute Gasteiger partial charge is 0.272 e. The Balaban J connectivity index is 1.43. The van der Waals surface area contributed by atoms with E-state index in [0.717, 1.165) is 4.90 Å². The van der Waals surface area contributed by atoms with E-state index in [2.05, 4.69) is 16.0 Å². The number of rotatable bonds is 9. The van der Waals surface area contributed by atoms with E-state index in [0.29, 0.717) is 37.6 Å². The van der Waals surface area contributed by atoms with Gasteiger partial charge in [-0.2, -0.15) is 0 Å². The van der Waals surface area contributed by atoms with Crippen LogP contribution in [-0.4, -0.2) is 23.0 Å². The van der Waals surface area contributed by atoms with Gasteiger partial charge in [-0.05, 0) is 79.2 Å². The van der Waals surface area contributed by atoms with Gasteiger partial charge in [0.15, 0.2) is 0 Å². The molecule has 41 heavy (non-hydrogen) atoms. The zero-order chi connectivity index (χ0) is 29.4. The van der Waals surface area contributed by atoms with Crippen LogP contribution in [0.4, 0.5) is 11.4 Å². The minimum absolute atomic E-state index is 0.0259. The third-order valence-electron chi connectivity index (χ3n) is 5.72. The van der Waals surface area contributed by atoms with Crippen molar-refractivity contribution < 1.29 is 14.4 Å². The zero-order valence-electron chi connectivity index (χ0n) is 21.7. The number of carbonyl (C=O) groups excluding carboxylic acids is 3. The molecule has 3 amide bonds. The Hall–Kier alpha value is -3.75. The van der Waals surface area contributed by atoms with E-state index in [1.165, 1.54) is 17.8 Å². The summed E-state index contributed by atoms with van der Waals surface area (Å²) in [5, 5.41) is 9.10. The number of amides is 3. The standard InChI is InChI=1S/C31H24Cl3N3O3S/c1-19(29(38)36-23-13-16-26(33)27(34)18-23)41-24-14-11-22(12-15-24)35-31(40)28(17-21-9-5-6-10-25(21)32)37-30(39)20-7-3-2-4-8-20/h2-19H,1H3,(H,35,40)(H,36,38)(H,37,39)/b28-17-. The maximum Gasteiger partial charge on any atom is 0.272 e. The SMILES string of the molecule is CC(Sc1ccc(NC(=O)/C(=C/c2ccccc2Cl)NC(=O)c2ccccc2)cc1)C(=O)Nc1ccc(Cl)c(Cl)c1.